The number of carbonyl (C=O) groups excluding carboxylic acids is 1. The first-order chi connectivity index (χ1) is 14.0. The molecule has 0 spiro atoms. The van der Waals surface area contributed by atoms with E-state index in [4.69, 9.17) is 10.8 Å². The van der Waals surface area contributed by atoms with Crippen molar-refractivity contribution < 1.29 is 13.6 Å². The van der Waals surface area contributed by atoms with E-state index in [1.54, 1.807) is 6.07 Å². The molecule has 0 bridgehead atoms. The summed E-state index contributed by atoms with van der Waals surface area (Å²) in [5, 5.41) is 15.2. The van der Waals surface area contributed by atoms with E-state index in [9.17, 15) is 13.6 Å². The Balaban J connectivity index is 2.05. The summed E-state index contributed by atoms with van der Waals surface area (Å²) in [7, 11) is 0. The first kappa shape index (κ1) is 20.7. The van der Waals surface area contributed by atoms with Crippen LogP contribution in [0.1, 0.15) is 40.7 Å². The summed E-state index contributed by atoms with van der Waals surface area (Å²) >= 11 is 1.27. The molecule has 0 fully saturated rings. The van der Waals surface area contributed by atoms with Crippen LogP contribution in [0.2, 0.25) is 0 Å². The van der Waals surface area contributed by atoms with E-state index in [1.807, 2.05) is 6.92 Å². The van der Waals surface area contributed by atoms with Gasteiger partial charge >= 0.3 is 0 Å². The number of hydrogen-bond acceptors (Lipinski definition) is 6. The second kappa shape index (κ2) is 8.95. The molecular formula is C20H19F2N5OS. The van der Waals surface area contributed by atoms with Gasteiger partial charge in [-0.25, -0.2) is 13.8 Å². The van der Waals surface area contributed by atoms with Crippen molar-refractivity contribution in [2.45, 2.75) is 19.3 Å². The molecule has 3 aromatic rings. The zero-order valence-corrected chi connectivity index (χ0v) is 16.4. The molecule has 0 saturated heterocycles. The Bertz CT molecular complexity index is 1070. The van der Waals surface area contributed by atoms with Crippen LogP contribution in [0.4, 0.5) is 14.5 Å². The van der Waals surface area contributed by atoms with Crippen molar-refractivity contribution in [1.29, 1.82) is 10.8 Å². The van der Waals surface area contributed by atoms with Crippen molar-refractivity contribution in [3.8, 4) is 0 Å². The molecule has 0 amide bonds. The van der Waals surface area contributed by atoms with Gasteiger partial charge in [0.15, 0.2) is 5.82 Å². The second-order valence-corrected chi connectivity index (χ2v) is 7.19. The number of hydrogen-bond donors (Lipinski definition) is 4. The van der Waals surface area contributed by atoms with Gasteiger partial charge in [0.05, 0.1) is 17.2 Å². The van der Waals surface area contributed by atoms with Gasteiger partial charge in [0.1, 0.15) is 11.5 Å². The number of carbonyl (C=O) groups is 1. The van der Waals surface area contributed by atoms with Gasteiger partial charge < -0.3 is 20.5 Å². The molecule has 9 heteroatoms. The van der Waals surface area contributed by atoms with Crippen LogP contribution in [-0.4, -0.2) is 33.9 Å². The van der Waals surface area contributed by atoms with E-state index in [0.717, 1.165) is 30.7 Å². The lowest BCUT2D eigenvalue weighted by Gasteiger charge is -2.10. The van der Waals surface area contributed by atoms with Crippen LogP contribution >= 0.6 is 11.9 Å². The van der Waals surface area contributed by atoms with Gasteiger partial charge in [0.2, 0.25) is 5.78 Å². The van der Waals surface area contributed by atoms with Gasteiger partial charge in [-0.3, -0.25) is 4.79 Å². The highest BCUT2D eigenvalue weighted by Crippen LogP contribution is 2.29. The topological polar surface area (TPSA) is 105 Å². The van der Waals surface area contributed by atoms with Crippen molar-refractivity contribution in [3.63, 3.8) is 0 Å². The number of aromatic nitrogens is 2. The fourth-order valence-electron chi connectivity index (χ4n) is 2.84. The highest BCUT2D eigenvalue weighted by atomic mass is 32.2. The van der Waals surface area contributed by atoms with E-state index in [-0.39, 0.29) is 11.3 Å². The van der Waals surface area contributed by atoms with Gasteiger partial charge in [0, 0.05) is 41.5 Å². The summed E-state index contributed by atoms with van der Waals surface area (Å²) in [6.45, 7) is 1.98. The zero-order valence-electron chi connectivity index (χ0n) is 15.6. The number of benzene rings is 1. The lowest BCUT2D eigenvalue weighted by Crippen LogP contribution is -2.09. The maximum absolute atomic E-state index is 14.9. The molecular weight excluding hydrogens is 396 g/mol. The van der Waals surface area contributed by atoms with Crippen molar-refractivity contribution in [1.82, 2.24) is 9.97 Å². The minimum atomic E-state index is -0.950. The van der Waals surface area contributed by atoms with Crippen LogP contribution in [0.25, 0.3) is 11.0 Å². The molecule has 2 aromatic heterocycles. The predicted molar refractivity (Wildman–Crippen MR) is 113 cm³/mol. The molecule has 0 unspecified atom stereocenters. The van der Waals surface area contributed by atoms with Gasteiger partial charge in [-0.2, -0.15) is 0 Å². The van der Waals surface area contributed by atoms with Crippen LogP contribution in [-0.2, 0) is 0 Å². The van der Waals surface area contributed by atoms with E-state index in [1.165, 1.54) is 30.4 Å². The van der Waals surface area contributed by atoms with E-state index >= 15 is 0 Å². The average molecular weight is 415 g/mol. The number of nitrogens with one attached hydrogen (secondary N) is 4. The average Bonchev–Trinajstić information content (AvgIpc) is 3.14. The largest absolute Gasteiger partial charge is 0.345 e. The van der Waals surface area contributed by atoms with Crippen LogP contribution in [0.5, 0.6) is 0 Å². The summed E-state index contributed by atoms with van der Waals surface area (Å²) in [5.41, 5.74) is 0.371. The summed E-state index contributed by atoms with van der Waals surface area (Å²) < 4.78 is 32.1. The summed E-state index contributed by atoms with van der Waals surface area (Å²) in [6.07, 6.45) is 5.88. The quantitative estimate of drug-likeness (QED) is 0.172. The third-order valence-corrected chi connectivity index (χ3v) is 5.32. The Morgan fingerprint density at radius 2 is 2.10 bits per heavy atom. The highest BCUT2D eigenvalue weighted by Gasteiger charge is 2.25. The van der Waals surface area contributed by atoms with E-state index < -0.39 is 28.9 Å². The zero-order chi connectivity index (χ0) is 21.0. The fraction of sp³-hybridized carbons (Fsp3) is 0.200. The molecule has 0 atom stereocenters. The Kier molecular flexibility index (Phi) is 6.38. The Morgan fingerprint density at radius 3 is 2.79 bits per heavy atom. The number of pyridine rings is 1. The van der Waals surface area contributed by atoms with Crippen molar-refractivity contribution >= 4 is 46.9 Å². The summed E-state index contributed by atoms with van der Waals surface area (Å²) in [4.78, 5) is 20.0. The van der Waals surface area contributed by atoms with Crippen LogP contribution < -0.4 is 4.72 Å². The molecule has 6 nitrogen and oxygen atoms in total. The third-order valence-electron chi connectivity index (χ3n) is 4.35. The minimum absolute atomic E-state index is 0.0412. The minimum Gasteiger partial charge on any atom is -0.345 e. The smallest absolute Gasteiger partial charge is 0.201 e. The summed E-state index contributed by atoms with van der Waals surface area (Å²) in [5.74, 6) is -2.57. The fourth-order valence-corrected chi connectivity index (χ4v) is 3.45. The van der Waals surface area contributed by atoms with Gasteiger partial charge in [-0.05, 0) is 30.2 Å². The Labute approximate surface area is 170 Å². The lowest BCUT2D eigenvalue weighted by atomic mass is 9.98. The Morgan fingerprint density at radius 1 is 1.34 bits per heavy atom. The first-order valence-corrected chi connectivity index (χ1v) is 9.89. The number of nitrogens with zero attached hydrogens (tertiary/aromatic N) is 1. The molecule has 29 heavy (non-hydrogen) atoms. The molecule has 3 rings (SSSR count). The molecule has 0 aliphatic carbocycles. The van der Waals surface area contributed by atoms with Crippen LogP contribution in [0.15, 0.2) is 30.6 Å². The van der Waals surface area contributed by atoms with Gasteiger partial charge in [0.25, 0.3) is 0 Å². The molecule has 2 heterocycles. The van der Waals surface area contributed by atoms with E-state index in [2.05, 4.69) is 14.7 Å². The number of ketones is 1. The molecule has 0 aliphatic rings. The standard InChI is InChI=1S/C20H19F2N5OS/c1-2-5-29-27-16-4-3-15(21)17(18(16)22)19(28)14-10-26-20-13(14)6-11(9-25-20)12(7-23)8-24/h3-4,6-10,12,23-24,27H,2,5H2,1H3,(H,25,26). The van der Waals surface area contributed by atoms with E-state index in [0.29, 0.717) is 16.6 Å². The first-order valence-electron chi connectivity index (χ1n) is 8.90. The van der Waals surface area contributed by atoms with Crippen LogP contribution in [0.3, 0.4) is 0 Å². The summed E-state index contributed by atoms with van der Waals surface area (Å²) in [6, 6.07) is 3.92. The third kappa shape index (κ3) is 4.04. The SMILES string of the molecule is CCCSNc1ccc(F)c(C(=O)c2c[nH]c3ncc(C(C=N)C=N)cc23)c1F. The van der Waals surface area contributed by atoms with Crippen molar-refractivity contribution in [2.75, 3.05) is 10.5 Å². The normalized spacial score (nSPS) is 12.0. The Hall–Kier alpha value is -3.07. The molecule has 150 valence electrons. The molecule has 1 aromatic carbocycles. The lowest BCUT2D eigenvalue weighted by molar-refractivity contribution is 0.103. The van der Waals surface area contributed by atoms with Crippen molar-refractivity contribution in [3.05, 3.63) is 58.9 Å². The van der Waals surface area contributed by atoms with Gasteiger partial charge in [-0.15, -0.1) is 0 Å². The number of rotatable bonds is 9. The number of aromatic amines is 1. The predicted octanol–water partition coefficient (Wildman–Crippen LogP) is 4.92. The second-order valence-electron chi connectivity index (χ2n) is 6.29. The molecule has 0 saturated carbocycles. The van der Waals surface area contributed by atoms with Gasteiger partial charge in [-0.1, -0.05) is 18.9 Å². The number of fused-ring (bicyclic) bond motifs is 1. The number of halogens is 2. The molecule has 0 aliphatic heterocycles. The monoisotopic (exact) mass is 415 g/mol. The molecule has 4 N–H and O–H groups in total. The van der Waals surface area contributed by atoms with Crippen LogP contribution in [0, 0.1) is 22.5 Å². The maximum atomic E-state index is 14.9. The maximum Gasteiger partial charge on any atom is 0.201 e. The van der Waals surface area contributed by atoms with Crippen molar-refractivity contribution in [2.24, 2.45) is 0 Å². The molecule has 0 radical (unpaired) electrons. The number of H-pyrrole nitrogens is 1. The number of anilines is 1. The highest BCUT2D eigenvalue weighted by molar-refractivity contribution is 8.00.